The van der Waals surface area contributed by atoms with Crippen LogP contribution in [0.25, 0.3) is 11.4 Å². The van der Waals surface area contributed by atoms with Gasteiger partial charge in [0.05, 0.1) is 30.0 Å². The highest BCUT2D eigenvalue weighted by atomic mass is 35.5. The van der Waals surface area contributed by atoms with Gasteiger partial charge >= 0.3 is 0 Å². The van der Waals surface area contributed by atoms with Crippen molar-refractivity contribution in [2.24, 2.45) is 0 Å². The van der Waals surface area contributed by atoms with Gasteiger partial charge < -0.3 is 9.84 Å². The highest BCUT2D eigenvalue weighted by molar-refractivity contribution is 6.30. The van der Waals surface area contributed by atoms with Gasteiger partial charge in [0.1, 0.15) is 5.82 Å². The number of fused-ring (bicyclic) bond motifs is 1. The smallest absolute Gasteiger partial charge is 0.220 e. The minimum Gasteiger partial charge on any atom is -0.493 e. The third-order valence-electron chi connectivity index (χ3n) is 2.73. The van der Waals surface area contributed by atoms with Crippen molar-refractivity contribution in [1.29, 1.82) is 0 Å². The van der Waals surface area contributed by atoms with Crippen molar-refractivity contribution >= 4 is 11.6 Å². The molecule has 4 nitrogen and oxygen atoms in total. The summed E-state index contributed by atoms with van der Waals surface area (Å²) in [7, 11) is 0. The zero-order valence-electron chi connectivity index (χ0n) is 9.15. The second kappa shape index (κ2) is 4.19. The zero-order chi connectivity index (χ0) is 12.7. The summed E-state index contributed by atoms with van der Waals surface area (Å²) in [4.78, 5) is 8.07. The largest absolute Gasteiger partial charge is 0.493 e. The van der Waals surface area contributed by atoms with Gasteiger partial charge in [-0.3, -0.25) is 0 Å². The van der Waals surface area contributed by atoms with Gasteiger partial charge in [0.2, 0.25) is 5.88 Å². The highest BCUT2D eigenvalue weighted by Crippen LogP contribution is 2.30. The van der Waals surface area contributed by atoms with Gasteiger partial charge in [0, 0.05) is 5.02 Å². The number of aromatic nitrogens is 2. The van der Waals surface area contributed by atoms with Crippen molar-refractivity contribution in [3.8, 4) is 17.3 Å². The number of nitrogens with zero attached hydrogens (tertiary/aromatic N) is 2. The van der Waals surface area contributed by atoms with E-state index < -0.39 is 5.82 Å². The first-order valence-electron chi connectivity index (χ1n) is 5.27. The molecular formula is C12H8ClFN2O2. The lowest BCUT2D eigenvalue weighted by atomic mass is 10.2. The summed E-state index contributed by atoms with van der Waals surface area (Å²) < 4.78 is 18.8. The molecule has 0 radical (unpaired) electrons. The van der Waals surface area contributed by atoms with Gasteiger partial charge in [-0.25, -0.2) is 9.37 Å². The molecule has 1 aliphatic heterocycles. The third kappa shape index (κ3) is 1.81. The van der Waals surface area contributed by atoms with E-state index in [0.717, 1.165) is 0 Å². The molecule has 18 heavy (non-hydrogen) atoms. The van der Waals surface area contributed by atoms with Crippen LogP contribution in [0, 0.1) is 5.82 Å². The van der Waals surface area contributed by atoms with E-state index in [9.17, 15) is 9.50 Å². The normalized spacial score (nSPS) is 13.7. The van der Waals surface area contributed by atoms with E-state index in [2.05, 4.69) is 9.97 Å². The van der Waals surface area contributed by atoms with E-state index in [0.29, 0.717) is 22.9 Å². The van der Waals surface area contributed by atoms with E-state index in [1.165, 1.54) is 18.2 Å². The van der Waals surface area contributed by atoms with E-state index in [1.807, 2.05) is 0 Å². The molecule has 1 aliphatic rings. The van der Waals surface area contributed by atoms with Gasteiger partial charge in [-0.15, -0.1) is 0 Å². The molecule has 0 spiro atoms. The number of hydrogen-bond donors (Lipinski definition) is 1. The molecule has 0 bridgehead atoms. The van der Waals surface area contributed by atoms with Crippen molar-refractivity contribution in [3.05, 3.63) is 40.3 Å². The van der Waals surface area contributed by atoms with Crippen LogP contribution in [0.3, 0.4) is 0 Å². The number of rotatable bonds is 1. The maximum Gasteiger partial charge on any atom is 0.220 e. The van der Waals surface area contributed by atoms with Crippen LogP contribution in [0.15, 0.2) is 18.2 Å². The summed E-state index contributed by atoms with van der Waals surface area (Å²) in [5.74, 6) is -0.554. The summed E-state index contributed by atoms with van der Waals surface area (Å²) >= 11 is 5.81. The minimum absolute atomic E-state index is 0.108. The number of aromatic hydroxyl groups is 1. The molecule has 0 amide bonds. The van der Waals surface area contributed by atoms with E-state index in [-0.39, 0.29) is 23.9 Å². The molecule has 0 fully saturated rings. The fourth-order valence-electron chi connectivity index (χ4n) is 1.82. The quantitative estimate of drug-likeness (QED) is 0.862. The second-order valence-electron chi connectivity index (χ2n) is 3.91. The lowest BCUT2D eigenvalue weighted by Crippen LogP contribution is -1.98. The molecule has 0 saturated heterocycles. The zero-order valence-corrected chi connectivity index (χ0v) is 9.91. The van der Waals surface area contributed by atoms with Gasteiger partial charge in [-0.1, -0.05) is 11.6 Å². The summed E-state index contributed by atoms with van der Waals surface area (Å²) in [6.07, 6.45) is 0. The molecule has 0 unspecified atom stereocenters. The Bertz CT molecular complexity index is 634. The first kappa shape index (κ1) is 11.4. The Kier molecular flexibility index (Phi) is 2.65. The van der Waals surface area contributed by atoms with Crippen molar-refractivity contribution in [1.82, 2.24) is 9.97 Å². The fourth-order valence-corrected chi connectivity index (χ4v) is 2.00. The van der Waals surface area contributed by atoms with Gasteiger partial charge in [0.25, 0.3) is 0 Å². The van der Waals surface area contributed by atoms with Gasteiger partial charge in [-0.2, -0.15) is 4.98 Å². The average molecular weight is 267 g/mol. The SMILES string of the molecule is Oc1nc(-c2cc(Cl)ccc2F)nc2c1COC2. The summed E-state index contributed by atoms with van der Waals surface area (Å²) in [6, 6.07) is 4.10. The molecule has 6 heteroatoms. The van der Waals surface area contributed by atoms with E-state index in [1.54, 1.807) is 0 Å². The molecule has 0 aliphatic carbocycles. The van der Waals surface area contributed by atoms with Crippen LogP contribution in [0.1, 0.15) is 11.3 Å². The van der Waals surface area contributed by atoms with E-state index >= 15 is 0 Å². The molecule has 2 aromatic rings. The molecule has 0 saturated carbocycles. The highest BCUT2D eigenvalue weighted by Gasteiger charge is 2.21. The topological polar surface area (TPSA) is 55.2 Å². The first-order chi connectivity index (χ1) is 8.65. The Morgan fingerprint density at radius 2 is 2.11 bits per heavy atom. The molecule has 1 N–H and O–H groups in total. The monoisotopic (exact) mass is 266 g/mol. The van der Waals surface area contributed by atoms with Crippen LogP contribution in [0.4, 0.5) is 4.39 Å². The number of hydrogen-bond acceptors (Lipinski definition) is 4. The molecule has 92 valence electrons. The van der Waals surface area contributed by atoms with Crippen molar-refractivity contribution < 1.29 is 14.2 Å². The Morgan fingerprint density at radius 1 is 1.28 bits per heavy atom. The van der Waals surface area contributed by atoms with Gasteiger partial charge in [-0.05, 0) is 18.2 Å². The second-order valence-corrected chi connectivity index (χ2v) is 4.35. The summed E-state index contributed by atoms with van der Waals surface area (Å²) in [6.45, 7) is 0.570. The third-order valence-corrected chi connectivity index (χ3v) is 2.96. The Balaban J connectivity index is 2.18. The lowest BCUT2D eigenvalue weighted by Gasteiger charge is -2.06. The molecule has 0 atom stereocenters. The van der Waals surface area contributed by atoms with Crippen LogP contribution in [-0.2, 0) is 18.0 Å². The first-order valence-corrected chi connectivity index (χ1v) is 5.65. The molecule has 2 heterocycles. The van der Waals surface area contributed by atoms with Crippen molar-refractivity contribution in [2.75, 3.05) is 0 Å². The molecule has 3 rings (SSSR count). The number of benzene rings is 1. The Labute approximate surface area is 107 Å². The van der Waals surface area contributed by atoms with Crippen LogP contribution in [0.5, 0.6) is 5.88 Å². The molecular weight excluding hydrogens is 259 g/mol. The standard InChI is InChI=1S/C12H8ClFN2O2/c13-6-1-2-9(14)7(3-6)11-15-10-5-18-4-8(10)12(17)16-11/h1-3H,4-5H2,(H,15,16,17). The maximum atomic E-state index is 13.7. The minimum atomic E-state index is -0.488. The van der Waals surface area contributed by atoms with Crippen molar-refractivity contribution in [2.45, 2.75) is 13.2 Å². The Hall–Kier alpha value is -1.72. The van der Waals surface area contributed by atoms with Crippen molar-refractivity contribution in [3.63, 3.8) is 0 Å². The number of halogens is 2. The van der Waals surface area contributed by atoms with Gasteiger partial charge in [0.15, 0.2) is 5.82 Å². The lowest BCUT2D eigenvalue weighted by molar-refractivity contribution is 0.132. The van der Waals surface area contributed by atoms with Crippen LogP contribution >= 0.6 is 11.6 Å². The summed E-state index contributed by atoms with van der Waals surface area (Å²) in [5, 5.41) is 10.1. The van der Waals surface area contributed by atoms with Crippen LogP contribution < -0.4 is 0 Å². The Morgan fingerprint density at radius 3 is 2.94 bits per heavy atom. The van der Waals surface area contributed by atoms with Crippen LogP contribution in [0.2, 0.25) is 5.02 Å². The summed E-state index contributed by atoms with van der Waals surface area (Å²) in [5.41, 5.74) is 1.30. The number of ether oxygens (including phenoxy) is 1. The fraction of sp³-hybridized carbons (Fsp3) is 0.167. The molecule has 1 aromatic carbocycles. The predicted molar refractivity (Wildman–Crippen MR) is 62.6 cm³/mol. The maximum absolute atomic E-state index is 13.7. The predicted octanol–water partition coefficient (Wildman–Crippen LogP) is 2.67. The molecule has 1 aromatic heterocycles. The van der Waals surface area contributed by atoms with E-state index in [4.69, 9.17) is 16.3 Å². The average Bonchev–Trinajstić information content (AvgIpc) is 2.81. The van der Waals surface area contributed by atoms with Crippen LogP contribution in [-0.4, -0.2) is 15.1 Å².